The fraction of sp³-hybridized carbons (Fsp3) is 0.167. The summed E-state index contributed by atoms with van der Waals surface area (Å²) in [6.07, 6.45) is 0. The molecule has 2 heterocycles. The van der Waals surface area contributed by atoms with E-state index in [4.69, 9.17) is 5.73 Å². The van der Waals surface area contributed by atoms with E-state index in [9.17, 15) is 13.2 Å². The van der Waals surface area contributed by atoms with E-state index < -0.39 is 15.7 Å². The smallest absolute Gasteiger partial charge is 0.267 e. The number of hydrogen-bond acceptors (Lipinski definition) is 4. The van der Waals surface area contributed by atoms with Crippen LogP contribution in [0.2, 0.25) is 0 Å². The van der Waals surface area contributed by atoms with Crippen molar-refractivity contribution >= 4 is 15.7 Å². The van der Waals surface area contributed by atoms with E-state index in [2.05, 4.69) is 4.98 Å². The number of carbonyl (C=O) groups excluding carboxylic acids is 1. The fourth-order valence-electron chi connectivity index (χ4n) is 2.23. The molecule has 7 heteroatoms. The third-order valence-electron chi connectivity index (χ3n) is 3.07. The van der Waals surface area contributed by atoms with Crippen molar-refractivity contribution in [2.45, 2.75) is 11.7 Å². The molecule has 1 aliphatic heterocycles. The second-order valence-electron chi connectivity index (χ2n) is 4.29. The lowest BCUT2D eigenvalue weighted by Crippen LogP contribution is -2.17. The maximum Gasteiger partial charge on any atom is 0.267 e. The molecule has 1 aliphatic rings. The fourth-order valence-corrected chi connectivity index (χ4v) is 3.58. The number of fused-ring (bicyclic) bond motifs is 1. The molecule has 6 nitrogen and oxygen atoms in total. The van der Waals surface area contributed by atoms with Crippen LogP contribution in [0.3, 0.4) is 0 Å². The highest BCUT2D eigenvalue weighted by Crippen LogP contribution is 2.29. The van der Waals surface area contributed by atoms with E-state index in [1.807, 2.05) is 6.07 Å². The molecule has 0 radical (unpaired) electrons. The first-order valence-corrected chi connectivity index (χ1v) is 7.34. The SMILES string of the molecule is NC(=O)c1c(-c2ccccc2)nc2n1CCS2(=O)=O. The molecule has 0 spiro atoms. The second kappa shape index (κ2) is 3.92. The topological polar surface area (TPSA) is 95.1 Å². The van der Waals surface area contributed by atoms with Crippen molar-refractivity contribution in [1.29, 1.82) is 0 Å². The summed E-state index contributed by atoms with van der Waals surface area (Å²) in [5, 5.41) is -0.0693. The van der Waals surface area contributed by atoms with Gasteiger partial charge in [-0.25, -0.2) is 13.4 Å². The van der Waals surface area contributed by atoms with E-state index >= 15 is 0 Å². The van der Waals surface area contributed by atoms with Crippen LogP contribution in [-0.4, -0.2) is 29.6 Å². The van der Waals surface area contributed by atoms with Crippen molar-refractivity contribution in [3.05, 3.63) is 36.0 Å². The quantitative estimate of drug-likeness (QED) is 0.861. The predicted molar refractivity (Wildman–Crippen MR) is 68.2 cm³/mol. The number of nitrogens with zero attached hydrogens (tertiary/aromatic N) is 2. The van der Waals surface area contributed by atoms with E-state index in [-0.39, 0.29) is 23.1 Å². The van der Waals surface area contributed by atoms with Crippen LogP contribution in [0, 0.1) is 0 Å². The van der Waals surface area contributed by atoms with Gasteiger partial charge in [0.15, 0.2) is 0 Å². The summed E-state index contributed by atoms with van der Waals surface area (Å²) < 4.78 is 25.1. The highest BCUT2D eigenvalue weighted by molar-refractivity contribution is 7.91. The summed E-state index contributed by atoms with van der Waals surface area (Å²) in [4.78, 5) is 15.7. The minimum absolute atomic E-state index is 0.0370. The average Bonchev–Trinajstić information content (AvgIpc) is 2.89. The Hall–Kier alpha value is -2.15. The summed E-state index contributed by atoms with van der Waals surface area (Å²) in [5.41, 5.74) is 6.52. The largest absolute Gasteiger partial charge is 0.364 e. The van der Waals surface area contributed by atoms with Crippen LogP contribution < -0.4 is 5.73 Å². The number of primary amides is 1. The number of imidazole rings is 1. The molecule has 1 amide bonds. The summed E-state index contributed by atoms with van der Waals surface area (Å²) in [7, 11) is -3.40. The highest BCUT2D eigenvalue weighted by atomic mass is 32.2. The lowest BCUT2D eigenvalue weighted by molar-refractivity contribution is 0.0992. The summed E-state index contributed by atoms with van der Waals surface area (Å²) in [6.45, 7) is 0.218. The number of benzene rings is 1. The number of aromatic nitrogens is 2. The van der Waals surface area contributed by atoms with Crippen LogP contribution in [0.1, 0.15) is 10.5 Å². The van der Waals surface area contributed by atoms with Gasteiger partial charge in [-0.05, 0) is 0 Å². The Labute approximate surface area is 109 Å². The molecule has 0 bridgehead atoms. The summed E-state index contributed by atoms with van der Waals surface area (Å²) in [6, 6.07) is 8.93. The lowest BCUT2D eigenvalue weighted by atomic mass is 10.1. The van der Waals surface area contributed by atoms with Gasteiger partial charge in [-0.2, -0.15) is 0 Å². The molecule has 0 unspecified atom stereocenters. The van der Waals surface area contributed by atoms with Gasteiger partial charge >= 0.3 is 0 Å². The second-order valence-corrected chi connectivity index (χ2v) is 6.30. The molecule has 0 fully saturated rings. The van der Waals surface area contributed by atoms with Gasteiger partial charge in [-0.3, -0.25) is 4.79 Å². The molecule has 98 valence electrons. The normalized spacial score (nSPS) is 16.2. The molecular formula is C12H11N3O3S. The molecule has 3 rings (SSSR count). The van der Waals surface area contributed by atoms with Crippen LogP contribution in [0.4, 0.5) is 0 Å². The molecule has 0 aliphatic carbocycles. The maximum absolute atomic E-state index is 11.8. The molecule has 1 aromatic heterocycles. The van der Waals surface area contributed by atoms with E-state index in [0.29, 0.717) is 11.3 Å². The third-order valence-corrected chi connectivity index (χ3v) is 4.66. The standard InChI is InChI=1S/C12H11N3O3S/c13-11(16)10-9(8-4-2-1-3-5-8)14-12-15(10)6-7-19(12,17)18/h1-5H,6-7H2,(H2,13,16). The Bertz CT molecular complexity index is 763. The molecule has 0 saturated carbocycles. The van der Waals surface area contributed by atoms with Crippen molar-refractivity contribution < 1.29 is 13.2 Å². The molecule has 0 atom stereocenters. The zero-order valence-electron chi connectivity index (χ0n) is 9.91. The van der Waals surface area contributed by atoms with Crippen LogP contribution in [0.15, 0.2) is 35.5 Å². The van der Waals surface area contributed by atoms with Crippen LogP contribution in [0.5, 0.6) is 0 Å². The zero-order valence-corrected chi connectivity index (χ0v) is 10.7. The number of hydrogen-bond donors (Lipinski definition) is 1. The van der Waals surface area contributed by atoms with E-state index in [1.54, 1.807) is 24.3 Å². The Morgan fingerprint density at radius 1 is 1.26 bits per heavy atom. The summed E-state index contributed by atoms with van der Waals surface area (Å²) >= 11 is 0. The van der Waals surface area contributed by atoms with Crippen LogP contribution in [0.25, 0.3) is 11.3 Å². The van der Waals surface area contributed by atoms with Crippen LogP contribution in [-0.2, 0) is 16.4 Å². The van der Waals surface area contributed by atoms with Crippen molar-refractivity contribution in [1.82, 2.24) is 9.55 Å². The average molecular weight is 277 g/mol. The maximum atomic E-state index is 11.8. The monoisotopic (exact) mass is 277 g/mol. The van der Waals surface area contributed by atoms with Gasteiger partial charge in [0.25, 0.3) is 5.91 Å². The Morgan fingerprint density at radius 3 is 2.58 bits per heavy atom. The first-order chi connectivity index (χ1) is 9.00. The van der Waals surface area contributed by atoms with Crippen molar-refractivity contribution in [2.24, 2.45) is 5.73 Å². The number of sulfone groups is 1. The van der Waals surface area contributed by atoms with Gasteiger partial charge < -0.3 is 10.3 Å². The highest BCUT2D eigenvalue weighted by Gasteiger charge is 2.34. The Balaban J connectivity index is 2.31. The van der Waals surface area contributed by atoms with Gasteiger partial charge in [0, 0.05) is 12.1 Å². The van der Waals surface area contributed by atoms with E-state index in [1.165, 1.54) is 4.57 Å². The molecule has 19 heavy (non-hydrogen) atoms. The van der Waals surface area contributed by atoms with Crippen molar-refractivity contribution in [3.8, 4) is 11.3 Å². The van der Waals surface area contributed by atoms with Crippen molar-refractivity contribution in [2.75, 3.05) is 5.75 Å². The van der Waals surface area contributed by atoms with Gasteiger partial charge in [-0.1, -0.05) is 30.3 Å². The predicted octanol–water partition coefficient (Wildman–Crippen LogP) is 0.436. The Kier molecular flexibility index (Phi) is 2.46. The van der Waals surface area contributed by atoms with Crippen LogP contribution >= 0.6 is 0 Å². The number of nitrogens with two attached hydrogens (primary N) is 1. The van der Waals surface area contributed by atoms with Gasteiger partial charge in [0.1, 0.15) is 11.4 Å². The third kappa shape index (κ3) is 1.74. The van der Waals surface area contributed by atoms with Gasteiger partial charge in [0.2, 0.25) is 15.0 Å². The number of amides is 1. The Morgan fingerprint density at radius 2 is 1.95 bits per heavy atom. The molecule has 2 aromatic rings. The van der Waals surface area contributed by atoms with E-state index in [0.717, 1.165) is 0 Å². The summed E-state index contributed by atoms with van der Waals surface area (Å²) in [5.74, 6) is -0.709. The first-order valence-electron chi connectivity index (χ1n) is 5.69. The first kappa shape index (κ1) is 11.9. The lowest BCUT2D eigenvalue weighted by Gasteiger charge is -2.03. The molecule has 1 aromatic carbocycles. The minimum atomic E-state index is -3.40. The number of rotatable bonds is 2. The van der Waals surface area contributed by atoms with Gasteiger partial charge in [-0.15, -0.1) is 0 Å². The molecular weight excluding hydrogens is 266 g/mol. The van der Waals surface area contributed by atoms with Crippen molar-refractivity contribution in [3.63, 3.8) is 0 Å². The molecule has 2 N–H and O–H groups in total. The van der Waals surface area contributed by atoms with Gasteiger partial charge in [0.05, 0.1) is 5.75 Å². The number of carbonyl (C=O) groups is 1. The molecule has 0 saturated heterocycles. The zero-order chi connectivity index (χ0) is 13.6. The minimum Gasteiger partial charge on any atom is -0.364 e.